The number of aromatic nitrogens is 2. The van der Waals surface area contributed by atoms with Crippen LogP contribution >= 0.6 is 0 Å². The van der Waals surface area contributed by atoms with E-state index < -0.39 is 0 Å². The molecule has 0 saturated carbocycles. The lowest BCUT2D eigenvalue weighted by atomic mass is 10.1. The summed E-state index contributed by atoms with van der Waals surface area (Å²) in [6.45, 7) is 1.35. The van der Waals surface area contributed by atoms with E-state index in [1.807, 2.05) is 42.1 Å². The third-order valence-electron chi connectivity index (χ3n) is 2.95. The summed E-state index contributed by atoms with van der Waals surface area (Å²) in [4.78, 5) is 0. The van der Waals surface area contributed by atoms with E-state index in [0.29, 0.717) is 13.1 Å². The lowest BCUT2D eigenvalue weighted by Crippen LogP contribution is -2.20. The van der Waals surface area contributed by atoms with Crippen molar-refractivity contribution in [2.24, 2.45) is 17.9 Å². The average molecular weight is 259 g/mol. The SMILES string of the molecule is Cn1nccc1CNCc1ccccc1C(N)=NO. The molecule has 100 valence electrons. The van der Waals surface area contributed by atoms with E-state index in [1.165, 1.54) is 0 Å². The fourth-order valence-corrected chi connectivity index (χ4v) is 1.88. The molecular weight excluding hydrogens is 242 g/mol. The molecule has 2 aromatic rings. The summed E-state index contributed by atoms with van der Waals surface area (Å²) in [7, 11) is 1.90. The first-order chi connectivity index (χ1) is 9.22. The number of hydrogen-bond acceptors (Lipinski definition) is 4. The summed E-state index contributed by atoms with van der Waals surface area (Å²) in [5, 5.41) is 19.2. The predicted octanol–water partition coefficient (Wildman–Crippen LogP) is 0.804. The van der Waals surface area contributed by atoms with Crippen LogP contribution in [0.1, 0.15) is 16.8 Å². The number of hydrogen-bond donors (Lipinski definition) is 3. The van der Waals surface area contributed by atoms with Crippen LogP contribution in [0.4, 0.5) is 0 Å². The van der Waals surface area contributed by atoms with E-state index in [-0.39, 0.29) is 5.84 Å². The van der Waals surface area contributed by atoms with Crippen molar-refractivity contribution in [2.75, 3.05) is 0 Å². The van der Waals surface area contributed by atoms with Crippen LogP contribution in [0.2, 0.25) is 0 Å². The summed E-state index contributed by atoms with van der Waals surface area (Å²) in [5.74, 6) is 0.123. The Kier molecular flexibility index (Phi) is 4.15. The van der Waals surface area contributed by atoms with Crippen LogP contribution in [0.5, 0.6) is 0 Å². The molecule has 0 aliphatic rings. The van der Waals surface area contributed by atoms with Crippen molar-refractivity contribution < 1.29 is 5.21 Å². The van der Waals surface area contributed by atoms with Crippen LogP contribution in [0.25, 0.3) is 0 Å². The van der Waals surface area contributed by atoms with Gasteiger partial charge in [-0.25, -0.2) is 0 Å². The Morgan fingerprint density at radius 1 is 1.37 bits per heavy atom. The fraction of sp³-hybridized carbons (Fsp3) is 0.231. The summed E-state index contributed by atoms with van der Waals surface area (Å²) in [6, 6.07) is 9.52. The molecule has 1 heterocycles. The van der Waals surface area contributed by atoms with Gasteiger partial charge in [-0.15, -0.1) is 0 Å². The second kappa shape index (κ2) is 6.01. The molecule has 0 aliphatic heterocycles. The first-order valence-corrected chi connectivity index (χ1v) is 5.95. The van der Waals surface area contributed by atoms with Gasteiger partial charge in [0.05, 0.1) is 5.69 Å². The molecule has 1 aromatic carbocycles. The second-order valence-electron chi connectivity index (χ2n) is 4.19. The second-order valence-corrected chi connectivity index (χ2v) is 4.19. The Balaban J connectivity index is 2.02. The molecule has 0 bridgehead atoms. The van der Waals surface area contributed by atoms with Gasteiger partial charge < -0.3 is 16.3 Å². The van der Waals surface area contributed by atoms with Crippen LogP contribution in [-0.4, -0.2) is 20.8 Å². The lowest BCUT2D eigenvalue weighted by Gasteiger charge is -2.09. The minimum Gasteiger partial charge on any atom is -0.409 e. The zero-order valence-electron chi connectivity index (χ0n) is 10.7. The van der Waals surface area contributed by atoms with E-state index in [2.05, 4.69) is 15.6 Å². The van der Waals surface area contributed by atoms with Gasteiger partial charge >= 0.3 is 0 Å². The molecule has 0 amide bonds. The molecule has 19 heavy (non-hydrogen) atoms. The molecule has 0 spiro atoms. The van der Waals surface area contributed by atoms with E-state index in [9.17, 15) is 0 Å². The third kappa shape index (κ3) is 3.11. The van der Waals surface area contributed by atoms with Crippen molar-refractivity contribution >= 4 is 5.84 Å². The molecule has 0 unspecified atom stereocenters. The van der Waals surface area contributed by atoms with Gasteiger partial charge in [0.1, 0.15) is 0 Å². The van der Waals surface area contributed by atoms with Gasteiger partial charge in [0.25, 0.3) is 0 Å². The third-order valence-corrected chi connectivity index (χ3v) is 2.95. The van der Waals surface area contributed by atoms with Crippen molar-refractivity contribution in [1.82, 2.24) is 15.1 Å². The predicted molar refractivity (Wildman–Crippen MR) is 72.7 cm³/mol. The van der Waals surface area contributed by atoms with Gasteiger partial charge in [-0.3, -0.25) is 4.68 Å². The summed E-state index contributed by atoms with van der Waals surface area (Å²) >= 11 is 0. The van der Waals surface area contributed by atoms with Gasteiger partial charge in [0, 0.05) is 31.9 Å². The van der Waals surface area contributed by atoms with Gasteiger partial charge in [-0.2, -0.15) is 5.10 Å². The standard InChI is InChI=1S/C13H17N5O/c1-18-11(6-7-16-18)9-15-8-10-4-2-3-5-12(10)13(14)17-19/h2-7,15,19H,8-9H2,1H3,(H2,14,17). The Morgan fingerprint density at radius 3 is 2.84 bits per heavy atom. The number of aryl methyl sites for hydroxylation is 1. The highest BCUT2D eigenvalue weighted by Gasteiger charge is 2.06. The molecule has 6 heteroatoms. The largest absolute Gasteiger partial charge is 0.409 e. The molecule has 0 fully saturated rings. The Hall–Kier alpha value is -2.34. The van der Waals surface area contributed by atoms with Crippen molar-refractivity contribution in [2.45, 2.75) is 13.1 Å². The summed E-state index contributed by atoms with van der Waals surface area (Å²) < 4.78 is 1.82. The number of rotatable bonds is 5. The molecule has 1 aromatic heterocycles. The van der Waals surface area contributed by atoms with Gasteiger partial charge in [0.15, 0.2) is 5.84 Å². The number of oxime groups is 1. The van der Waals surface area contributed by atoms with Crippen LogP contribution in [-0.2, 0) is 20.1 Å². The summed E-state index contributed by atoms with van der Waals surface area (Å²) in [6.07, 6.45) is 1.77. The average Bonchev–Trinajstić information content (AvgIpc) is 2.84. The quantitative estimate of drug-likeness (QED) is 0.321. The fourth-order valence-electron chi connectivity index (χ4n) is 1.88. The molecular formula is C13H17N5O. The van der Waals surface area contributed by atoms with Crippen LogP contribution < -0.4 is 11.1 Å². The van der Waals surface area contributed by atoms with Crippen molar-refractivity contribution in [1.29, 1.82) is 0 Å². The van der Waals surface area contributed by atoms with Gasteiger partial charge in [0.2, 0.25) is 0 Å². The molecule has 0 aliphatic carbocycles. The van der Waals surface area contributed by atoms with Crippen LogP contribution in [0.15, 0.2) is 41.7 Å². The first-order valence-electron chi connectivity index (χ1n) is 5.95. The first kappa shape index (κ1) is 13.1. The highest BCUT2D eigenvalue weighted by atomic mass is 16.4. The maximum atomic E-state index is 8.76. The Morgan fingerprint density at radius 2 is 2.16 bits per heavy atom. The molecule has 6 nitrogen and oxygen atoms in total. The Bertz CT molecular complexity index is 576. The summed E-state index contributed by atoms with van der Waals surface area (Å²) in [5.41, 5.74) is 8.47. The minimum absolute atomic E-state index is 0.123. The highest BCUT2D eigenvalue weighted by molar-refractivity contribution is 5.98. The van der Waals surface area contributed by atoms with Gasteiger partial charge in [-0.05, 0) is 11.6 Å². The molecule has 4 N–H and O–H groups in total. The monoisotopic (exact) mass is 259 g/mol. The maximum absolute atomic E-state index is 8.76. The molecule has 0 radical (unpaired) electrons. The number of benzene rings is 1. The van der Waals surface area contributed by atoms with E-state index in [0.717, 1.165) is 16.8 Å². The van der Waals surface area contributed by atoms with Crippen LogP contribution in [0, 0.1) is 0 Å². The molecule has 0 atom stereocenters. The van der Waals surface area contributed by atoms with Crippen molar-refractivity contribution in [3.05, 3.63) is 53.3 Å². The number of nitrogens with two attached hydrogens (primary N) is 1. The van der Waals surface area contributed by atoms with E-state index >= 15 is 0 Å². The number of amidine groups is 1. The van der Waals surface area contributed by atoms with E-state index in [4.69, 9.17) is 10.9 Å². The zero-order valence-corrected chi connectivity index (χ0v) is 10.7. The zero-order chi connectivity index (χ0) is 13.7. The van der Waals surface area contributed by atoms with Crippen molar-refractivity contribution in [3.63, 3.8) is 0 Å². The smallest absolute Gasteiger partial charge is 0.170 e. The van der Waals surface area contributed by atoms with Crippen molar-refractivity contribution in [3.8, 4) is 0 Å². The topological polar surface area (TPSA) is 88.5 Å². The van der Waals surface area contributed by atoms with Gasteiger partial charge in [-0.1, -0.05) is 29.4 Å². The highest BCUT2D eigenvalue weighted by Crippen LogP contribution is 2.08. The van der Waals surface area contributed by atoms with Crippen LogP contribution in [0.3, 0.4) is 0 Å². The number of nitrogens with zero attached hydrogens (tertiary/aromatic N) is 3. The molecule has 2 rings (SSSR count). The minimum atomic E-state index is 0.123. The molecule has 0 saturated heterocycles. The Labute approximate surface area is 111 Å². The number of nitrogens with one attached hydrogen (secondary N) is 1. The lowest BCUT2D eigenvalue weighted by molar-refractivity contribution is 0.318. The normalized spacial score (nSPS) is 11.7. The maximum Gasteiger partial charge on any atom is 0.170 e. The van der Waals surface area contributed by atoms with E-state index in [1.54, 1.807) is 6.20 Å².